The second-order valence-electron chi connectivity index (χ2n) is 5.60. The summed E-state index contributed by atoms with van der Waals surface area (Å²) in [5.74, 6) is 0. The van der Waals surface area contributed by atoms with Gasteiger partial charge in [0.1, 0.15) is 0 Å². The molecule has 0 fully saturated rings. The van der Waals surface area contributed by atoms with Crippen molar-refractivity contribution in [3.63, 3.8) is 0 Å². The van der Waals surface area contributed by atoms with Gasteiger partial charge >= 0.3 is 0 Å². The average molecular weight is 316 g/mol. The summed E-state index contributed by atoms with van der Waals surface area (Å²) in [5, 5.41) is 15.6. The van der Waals surface area contributed by atoms with Gasteiger partial charge in [0.15, 0.2) is 0 Å². The molecule has 0 atom stereocenters. The predicted molar refractivity (Wildman–Crippen MR) is 90.1 cm³/mol. The first-order valence-corrected chi connectivity index (χ1v) is 7.73. The van der Waals surface area contributed by atoms with Crippen LogP contribution in [-0.4, -0.2) is 30.0 Å². The summed E-state index contributed by atoms with van der Waals surface area (Å²) in [6.07, 6.45) is 7.11. The normalized spacial score (nSPS) is 10.8. The van der Waals surface area contributed by atoms with Crippen molar-refractivity contribution in [2.75, 3.05) is 0 Å². The van der Waals surface area contributed by atoms with Crippen molar-refractivity contribution in [3.05, 3.63) is 84.4 Å². The molecule has 2 heterocycles. The van der Waals surface area contributed by atoms with Crippen molar-refractivity contribution in [2.45, 2.75) is 13.1 Å². The molecule has 4 rings (SSSR count). The van der Waals surface area contributed by atoms with Crippen LogP contribution in [0.25, 0.3) is 11.1 Å². The molecule has 0 amide bonds. The van der Waals surface area contributed by atoms with Crippen LogP contribution in [0.5, 0.6) is 0 Å². The first kappa shape index (κ1) is 14.3. The highest BCUT2D eigenvalue weighted by Gasteiger charge is 2.01. The Morgan fingerprint density at radius 1 is 0.583 bits per heavy atom. The number of hydrogen-bond donors (Lipinski definition) is 0. The van der Waals surface area contributed by atoms with E-state index in [1.54, 1.807) is 12.4 Å². The van der Waals surface area contributed by atoms with Crippen LogP contribution in [0.1, 0.15) is 11.1 Å². The zero-order chi connectivity index (χ0) is 16.2. The molecule has 0 unspecified atom stereocenters. The SMILES string of the molecule is c1cn(Cc2ccc(-c3ccc(Cn4ccnn4)cc3)cc2)nn1. The second kappa shape index (κ2) is 6.45. The molecule has 0 radical (unpaired) electrons. The van der Waals surface area contributed by atoms with Crippen LogP contribution in [-0.2, 0) is 13.1 Å². The topological polar surface area (TPSA) is 61.4 Å². The van der Waals surface area contributed by atoms with Gasteiger partial charge in [-0.1, -0.05) is 59.0 Å². The molecule has 4 aromatic rings. The number of hydrogen-bond acceptors (Lipinski definition) is 4. The molecular formula is C18H16N6. The molecule has 0 aliphatic rings. The molecule has 0 saturated carbocycles. The minimum atomic E-state index is 0.733. The van der Waals surface area contributed by atoms with E-state index in [1.807, 2.05) is 21.8 Å². The summed E-state index contributed by atoms with van der Waals surface area (Å²) in [7, 11) is 0. The Labute approximate surface area is 139 Å². The molecule has 24 heavy (non-hydrogen) atoms. The molecular weight excluding hydrogens is 300 g/mol. The number of benzene rings is 2. The van der Waals surface area contributed by atoms with E-state index in [4.69, 9.17) is 0 Å². The second-order valence-corrected chi connectivity index (χ2v) is 5.60. The molecule has 0 bridgehead atoms. The van der Waals surface area contributed by atoms with E-state index >= 15 is 0 Å². The Kier molecular flexibility index (Phi) is 3.85. The zero-order valence-electron chi connectivity index (χ0n) is 13.0. The summed E-state index contributed by atoms with van der Waals surface area (Å²) < 4.78 is 3.63. The van der Waals surface area contributed by atoms with Crippen LogP contribution in [0.2, 0.25) is 0 Å². The maximum atomic E-state index is 3.99. The summed E-state index contributed by atoms with van der Waals surface area (Å²) in [6, 6.07) is 17.1. The minimum absolute atomic E-state index is 0.733. The lowest BCUT2D eigenvalue weighted by molar-refractivity contribution is 0.649. The fourth-order valence-corrected chi connectivity index (χ4v) is 2.61. The van der Waals surface area contributed by atoms with E-state index in [1.165, 1.54) is 22.3 Å². The summed E-state index contributed by atoms with van der Waals surface area (Å²) >= 11 is 0. The molecule has 0 aliphatic carbocycles. The van der Waals surface area contributed by atoms with Crippen LogP contribution >= 0.6 is 0 Å². The quantitative estimate of drug-likeness (QED) is 0.568. The highest BCUT2D eigenvalue weighted by atomic mass is 15.4. The molecule has 0 saturated heterocycles. The Morgan fingerprint density at radius 3 is 1.33 bits per heavy atom. The first-order chi connectivity index (χ1) is 11.9. The van der Waals surface area contributed by atoms with Crippen LogP contribution in [0.15, 0.2) is 73.3 Å². The van der Waals surface area contributed by atoms with Crippen LogP contribution in [0.3, 0.4) is 0 Å². The van der Waals surface area contributed by atoms with Gasteiger partial charge in [-0.05, 0) is 22.3 Å². The molecule has 2 aromatic heterocycles. The standard InChI is InChI=1S/C18H16N6/c1-5-17(6-2-15(1)13-23-11-9-19-21-23)18-7-3-16(4-8-18)14-24-12-10-20-22-24/h1-12H,13-14H2. The van der Waals surface area contributed by atoms with E-state index in [-0.39, 0.29) is 0 Å². The van der Waals surface area contributed by atoms with Gasteiger partial charge in [-0.3, -0.25) is 0 Å². The van der Waals surface area contributed by atoms with Gasteiger partial charge in [0, 0.05) is 12.4 Å². The number of rotatable bonds is 5. The van der Waals surface area contributed by atoms with Crippen LogP contribution in [0, 0.1) is 0 Å². The Morgan fingerprint density at radius 2 is 1.00 bits per heavy atom. The molecule has 0 aliphatic heterocycles. The van der Waals surface area contributed by atoms with Gasteiger partial charge in [0.2, 0.25) is 0 Å². The highest BCUT2D eigenvalue weighted by molar-refractivity contribution is 5.63. The fraction of sp³-hybridized carbons (Fsp3) is 0.111. The molecule has 0 N–H and O–H groups in total. The smallest absolute Gasteiger partial charge is 0.0693 e. The molecule has 6 nitrogen and oxygen atoms in total. The Balaban J connectivity index is 1.47. The van der Waals surface area contributed by atoms with Gasteiger partial charge < -0.3 is 0 Å². The van der Waals surface area contributed by atoms with Crippen molar-refractivity contribution in [2.24, 2.45) is 0 Å². The molecule has 2 aromatic carbocycles. The maximum absolute atomic E-state index is 3.99. The number of nitrogens with zero attached hydrogens (tertiary/aromatic N) is 6. The maximum Gasteiger partial charge on any atom is 0.0693 e. The fourth-order valence-electron chi connectivity index (χ4n) is 2.61. The molecule has 6 heteroatoms. The molecule has 118 valence electrons. The summed E-state index contributed by atoms with van der Waals surface area (Å²) in [4.78, 5) is 0. The van der Waals surface area contributed by atoms with E-state index in [2.05, 4.69) is 69.2 Å². The zero-order valence-corrected chi connectivity index (χ0v) is 13.0. The van der Waals surface area contributed by atoms with Gasteiger partial charge in [-0.2, -0.15) is 0 Å². The lowest BCUT2D eigenvalue weighted by Crippen LogP contribution is -2.00. The van der Waals surface area contributed by atoms with Crippen molar-refractivity contribution >= 4 is 0 Å². The minimum Gasteiger partial charge on any atom is -0.248 e. The van der Waals surface area contributed by atoms with Crippen LogP contribution in [0.4, 0.5) is 0 Å². The number of aromatic nitrogens is 6. The third-order valence-corrected chi connectivity index (χ3v) is 3.87. The largest absolute Gasteiger partial charge is 0.248 e. The Bertz CT molecular complexity index is 800. The van der Waals surface area contributed by atoms with E-state index in [0.717, 1.165) is 13.1 Å². The summed E-state index contributed by atoms with van der Waals surface area (Å²) in [5.41, 5.74) is 4.80. The monoisotopic (exact) mass is 316 g/mol. The lowest BCUT2D eigenvalue weighted by atomic mass is 10.0. The van der Waals surface area contributed by atoms with E-state index < -0.39 is 0 Å². The van der Waals surface area contributed by atoms with Gasteiger partial charge in [-0.15, -0.1) is 10.2 Å². The highest BCUT2D eigenvalue weighted by Crippen LogP contribution is 2.21. The van der Waals surface area contributed by atoms with Crippen LogP contribution < -0.4 is 0 Å². The Hall–Kier alpha value is -3.28. The third-order valence-electron chi connectivity index (χ3n) is 3.87. The van der Waals surface area contributed by atoms with Gasteiger partial charge in [-0.25, -0.2) is 9.36 Å². The van der Waals surface area contributed by atoms with E-state index in [0.29, 0.717) is 0 Å². The lowest BCUT2D eigenvalue weighted by Gasteiger charge is -2.06. The van der Waals surface area contributed by atoms with Crippen molar-refractivity contribution in [1.29, 1.82) is 0 Å². The van der Waals surface area contributed by atoms with E-state index in [9.17, 15) is 0 Å². The first-order valence-electron chi connectivity index (χ1n) is 7.73. The van der Waals surface area contributed by atoms with Gasteiger partial charge in [0.25, 0.3) is 0 Å². The average Bonchev–Trinajstić information content (AvgIpc) is 3.31. The summed E-state index contributed by atoms with van der Waals surface area (Å²) in [6.45, 7) is 1.47. The van der Waals surface area contributed by atoms with Crippen molar-refractivity contribution in [1.82, 2.24) is 30.0 Å². The van der Waals surface area contributed by atoms with Gasteiger partial charge in [0.05, 0.1) is 25.5 Å². The molecule has 0 spiro atoms. The predicted octanol–water partition coefficient (Wildman–Crippen LogP) is 2.63. The van der Waals surface area contributed by atoms with Crippen molar-refractivity contribution < 1.29 is 0 Å². The third kappa shape index (κ3) is 3.22. The van der Waals surface area contributed by atoms with Crippen molar-refractivity contribution in [3.8, 4) is 11.1 Å².